The second-order valence-corrected chi connectivity index (χ2v) is 6.24. The lowest BCUT2D eigenvalue weighted by Crippen LogP contribution is -2.46. The van der Waals surface area contributed by atoms with E-state index in [1.165, 1.54) is 7.11 Å². The maximum absolute atomic E-state index is 12.7. The Balaban J connectivity index is 2.08. The van der Waals surface area contributed by atoms with Gasteiger partial charge in [0.05, 0.1) is 13.0 Å². The SMILES string of the molecule is COC(=O)CCCCCCNC(=O)NC1CCCC(C(F)(F)F)C1. The number of esters is 1. The van der Waals surface area contributed by atoms with E-state index in [1.807, 2.05) is 0 Å². The zero-order valence-electron chi connectivity index (χ0n) is 14.1. The van der Waals surface area contributed by atoms with Crippen molar-refractivity contribution in [3.05, 3.63) is 0 Å². The van der Waals surface area contributed by atoms with Crippen LogP contribution in [0.25, 0.3) is 0 Å². The molecule has 0 aromatic carbocycles. The van der Waals surface area contributed by atoms with Crippen LogP contribution in [0, 0.1) is 5.92 Å². The minimum atomic E-state index is -4.18. The number of carbonyl (C=O) groups is 2. The smallest absolute Gasteiger partial charge is 0.391 e. The third-order valence-corrected chi connectivity index (χ3v) is 4.29. The van der Waals surface area contributed by atoms with Crippen molar-refractivity contribution in [2.45, 2.75) is 70.0 Å². The van der Waals surface area contributed by atoms with Gasteiger partial charge < -0.3 is 15.4 Å². The van der Waals surface area contributed by atoms with Crippen LogP contribution in [0.4, 0.5) is 18.0 Å². The minimum Gasteiger partial charge on any atom is -0.469 e. The Hall–Kier alpha value is -1.47. The number of methoxy groups -OCH3 is 1. The van der Waals surface area contributed by atoms with Crippen LogP contribution in [-0.4, -0.2) is 37.9 Å². The quantitative estimate of drug-likeness (QED) is 0.519. The maximum Gasteiger partial charge on any atom is 0.391 e. The molecule has 1 aliphatic carbocycles. The predicted molar refractivity (Wildman–Crippen MR) is 83.4 cm³/mol. The Bertz CT molecular complexity index is 403. The summed E-state index contributed by atoms with van der Waals surface area (Å²) in [6, 6.07) is -0.817. The van der Waals surface area contributed by atoms with Crippen molar-refractivity contribution in [3.63, 3.8) is 0 Å². The number of hydrogen-bond acceptors (Lipinski definition) is 3. The molecule has 2 amide bonds. The van der Waals surface area contributed by atoms with E-state index in [4.69, 9.17) is 0 Å². The number of unbranched alkanes of at least 4 members (excludes halogenated alkanes) is 3. The van der Waals surface area contributed by atoms with Gasteiger partial charge >= 0.3 is 18.2 Å². The van der Waals surface area contributed by atoms with E-state index in [-0.39, 0.29) is 18.8 Å². The van der Waals surface area contributed by atoms with Gasteiger partial charge in [0, 0.05) is 19.0 Å². The molecule has 2 atom stereocenters. The molecule has 5 nitrogen and oxygen atoms in total. The first-order valence-electron chi connectivity index (χ1n) is 8.51. The van der Waals surface area contributed by atoms with Crippen LogP contribution < -0.4 is 10.6 Å². The number of ether oxygens (including phenoxy) is 1. The summed E-state index contributed by atoms with van der Waals surface area (Å²) < 4.78 is 42.7. The third kappa shape index (κ3) is 8.40. The zero-order valence-corrected chi connectivity index (χ0v) is 14.1. The lowest BCUT2D eigenvalue weighted by Gasteiger charge is -2.31. The van der Waals surface area contributed by atoms with Gasteiger partial charge in [0.2, 0.25) is 0 Å². The van der Waals surface area contributed by atoms with E-state index in [0.29, 0.717) is 25.8 Å². The first-order valence-corrected chi connectivity index (χ1v) is 8.51. The monoisotopic (exact) mass is 352 g/mol. The van der Waals surface area contributed by atoms with Gasteiger partial charge in [0.25, 0.3) is 0 Å². The average molecular weight is 352 g/mol. The van der Waals surface area contributed by atoms with E-state index in [2.05, 4.69) is 15.4 Å². The van der Waals surface area contributed by atoms with Crippen molar-refractivity contribution in [1.82, 2.24) is 10.6 Å². The number of alkyl halides is 3. The summed E-state index contributed by atoms with van der Waals surface area (Å²) in [5.41, 5.74) is 0. The van der Waals surface area contributed by atoms with Gasteiger partial charge in [-0.1, -0.05) is 19.3 Å². The first kappa shape index (κ1) is 20.6. The largest absolute Gasteiger partial charge is 0.469 e. The second kappa shape index (κ2) is 10.4. The lowest BCUT2D eigenvalue weighted by atomic mass is 9.85. The Labute approximate surface area is 140 Å². The number of amides is 2. The van der Waals surface area contributed by atoms with E-state index < -0.39 is 24.2 Å². The molecule has 2 N–H and O–H groups in total. The van der Waals surface area contributed by atoms with Crippen molar-refractivity contribution in [3.8, 4) is 0 Å². The molecule has 0 bridgehead atoms. The Morgan fingerprint density at radius 3 is 2.50 bits per heavy atom. The fourth-order valence-corrected chi connectivity index (χ4v) is 2.91. The van der Waals surface area contributed by atoms with Crippen LogP contribution in [0.15, 0.2) is 0 Å². The average Bonchev–Trinajstić information content (AvgIpc) is 2.53. The van der Waals surface area contributed by atoms with Crippen LogP contribution in [0.2, 0.25) is 0 Å². The van der Waals surface area contributed by atoms with Crippen LogP contribution in [0.5, 0.6) is 0 Å². The molecule has 24 heavy (non-hydrogen) atoms. The van der Waals surface area contributed by atoms with Gasteiger partial charge in [-0.05, 0) is 32.1 Å². The summed E-state index contributed by atoms with van der Waals surface area (Å²) in [5.74, 6) is -1.54. The highest BCUT2D eigenvalue weighted by atomic mass is 19.4. The minimum absolute atomic E-state index is 0.0373. The van der Waals surface area contributed by atoms with Gasteiger partial charge in [0.1, 0.15) is 0 Å². The number of rotatable bonds is 8. The number of carbonyl (C=O) groups excluding carboxylic acids is 2. The number of urea groups is 1. The zero-order chi connectivity index (χ0) is 18.0. The summed E-state index contributed by atoms with van der Waals surface area (Å²) in [6.45, 7) is 0.472. The fraction of sp³-hybridized carbons (Fsp3) is 0.875. The Morgan fingerprint density at radius 2 is 1.83 bits per heavy atom. The number of halogens is 3. The van der Waals surface area contributed by atoms with Gasteiger partial charge in [-0.15, -0.1) is 0 Å². The molecule has 1 rings (SSSR count). The van der Waals surface area contributed by atoms with Crippen molar-refractivity contribution in [2.75, 3.05) is 13.7 Å². The molecule has 0 aromatic rings. The molecular weight excluding hydrogens is 325 g/mol. The second-order valence-electron chi connectivity index (χ2n) is 6.24. The van der Waals surface area contributed by atoms with Gasteiger partial charge in [-0.25, -0.2) is 4.79 Å². The van der Waals surface area contributed by atoms with Gasteiger partial charge in [0.15, 0.2) is 0 Å². The van der Waals surface area contributed by atoms with E-state index >= 15 is 0 Å². The summed E-state index contributed by atoms with van der Waals surface area (Å²) in [4.78, 5) is 22.6. The highest BCUT2D eigenvalue weighted by molar-refractivity contribution is 5.74. The van der Waals surface area contributed by atoms with Gasteiger partial charge in [-0.2, -0.15) is 13.2 Å². The molecule has 1 fully saturated rings. The summed E-state index contributed by atoms with van der Waals surface area (Å²) >= 11 is 0. The van der Waals surface area contributed by atoms with Crippen LogP contribution in [0.3, 0.4) is 0 Å². The van der Waals surface area contributed by atoms with Gasteiger partial charge in [-0.3, -0.25) is 4.79 Å². The molecule has 0 heterocycles. The summed E-state index contributed by atoms with van der Waals surface area (Å²) in [5, 5.41) is 5.31. The Kier molecular flexibility index (Phi) is 8.92. The topological polar surface area (TPSA) is 67.4 Å². The molecule has 0 aromatic heterocycles. The molecule has 1 aliphatic rings. The number of nitrogens with one attached hydrogen (secondary N) is 2. The van der Waals surface area contributed by atoms with Crippen LogP contribution in [0.1, 0.15) is 57.8 Å². The van der Waals surface area contributed by atoms with Crippen molar-refractivity contribution in [1.29, 1.82) is 0 Å². The lowest BCUT2D eigenvalue weighted by molar-refractivity contribution is -0.183. The van der Waals surface area contributed by atoms with Crippen LogP contribution in [-0.2, 0) is 9.53 Å². The molecule has 1 saturated carbocycles. The third-order valence-electron chi connectivity index (χ3n) is 4.29. The maximum atomic E-state index is 12.7. The summed E-state index contributed by atoms with van der Waals surface area (Å²) in [6.07, 6.45) is 0.658. The van der Waals surface area contributed by atoms with Crippen molar-refractivity contribution >= 4 is 12.0 Å². The predicted octanol–water partition coefficient (Wildman–Crippen LogP) is 3.53. The van der Waals surface area contributed by atoms with E-state index in [9.17, 15) is 22.8 Å². The molecule has 2 unspecified atom stereocenters. The van der Waals surface area contributed by atoms with E-state index in [0.717, 1.165) is 25.7 Å². The first-order chi connectivity index (χ1) is 11.3. The molecule has 140 valence electrons. The van der Waals surface area contributed by atoms with E-state index in [1.54, 1.807) is 0 Å². The highest BCUT2D eigenvalue weighted by Gasteiger charge is 2.42. The standard InChI is InChI=1S/C16H27F3N2O3/c1-24-14(22)9-4-2-3-5-10-20-15(23)21-13-8-6-7-12(11-13)16(17,18)19/h12-13H,2-11H2,1H3,(H2,20,21,23). The molecule has 0 saturated heterocycles. The number of hydrogen-bond donors (Lipinski definition) is 2. The molecule has 8 heteroatoms. The Morgan fingerprint density at radius 1 is 1.12 bits per heavy atom. The van der Waals surface area contributed by atoms with Crippen molar-refractivity contribution in [2.24, 2.45) is 5.92 Å². The van der Waals surface area contributed by atoms with Crippen molar-refractivity contribution < 1.29 is 27.5 Å². The molecular formula is C16H27F3N2O3. The highest BCUT2D eigenvalue weighted by Crippen LogP contribution is 2.37. The fourth-order valence-electron chi connectivity index (χ4n) is 2.91. The summed E-state index contributed by atoms with van der Waals surface area (Å²) in [7, 11) is 1.36. The normalized spacial score (nSPS) is 21.2. The molecule has 0 radical (unpaired) electrons. The molecule has 0 aliphatic heterocycles. The van der Waals surface area contributed by atoms with Crippen LogP contribution >= 0.6 is 0 Å². The molecule has 0 spiro atoms.